The molecule has 4 heterocycles. The number of nitrogens with zero attached hydrogens (tertiary/aromatic N) is 4. The van der Waals surface area contributed by atoms with Crippen molar-refractivity contribution in [2.24, 2.45) is 23.7 Å². The number of piperidine rings is 4. The summed E-state index contributed by atoms with van der Waals surface area (Å²) in [4.78, 5) is 56.8. The van der Waals surface area contributed by atoms with Gasteiger partial charge in [-0.05, 0) is 140 Å². The Kier molecular flexibility index (Phi) is 24.5. The van der Waals surface area contributed by atoms with E-state index in [1.807, 2.05) is 24.3 Å². The lowest BCUT2D eigenvalue weighted by molar-refractivity contribution is -0.273. The number of hydroxylamine groups is 8. The van der Waals surface area contributed by atoms with Crippen LogP contribution in [0.15, 0.2) is 24.3 Å². The number of carbonyl (C=O) groups is 2. The second-order valence-corrected chi connectivity index (χ2v) is 28.9. The third-order valence-electron chi connectivity index (χ3n) is 18.1. The summed E-state index contributed by atoms with van der Waals surface area (Å²) >= 11 is 0. The van der Waals surface area contributed by atoms with Crippen LogP contribution in [-0.4, -0.2) is 129 Å². The number of rotatable bonds is 28. The molecule has 0 saturated carbocycles. The van der Waals surface area contributed by atoms with Crippen LogP contribution in [0.2, 0.25) is 0 Å². The van der Waals surface area contributed by atoms with Crippen molar-refractivity contribution in [2.45, 2.75) is 312 Å². The largest absolute Gasteiger partial charge is 0.489 e. The molecule has 8 atom stereocenters. The number of fused-ring (bicyclic) bond motifs is 1. The number of hydrogen-bond donors (Lipinski definition) is 0. The molecule has 0 N–H and O–H groups in total. The summed E-state index contributed by atoms with van der Waals surface area (Å²) < 4.78 is 28.0. The van der Waals surface area contributed by atoms with Gasteiger partial charge < -0.3 is 18.9 Å². The molecule has 82 heavy (non-hydrogen) atoms. The molecule has 4 aliphatic rings. The minimum atomic E-state index is -0.434. The van der Waals surface area contributed by atoms with Gasteiger partial charge in [0.15, 0.2) is 0 Å². The fourth-order valence-corrected chi connectivity index (χ4v) is 13.6. The first-order valence-corrected chi connectivity index (χ1v) is 32.6. The van der Waals surface area contributed by atoms with Crippen LogP contribution >= 0.6 is 0 Å². The fraction of sp³-hybridized carbons (Fsp3) is 0.824. The Bertz CT molecular complexity index is 2170. The first kappa shape index (κ1) is 68.0. The van der Waals surface area contributed by atoms with Gasteiger partial charge in [-0.15, -0.1) is 0 Å². The first-order valence-electron chi connectivity index (χ1n) is 32.6. The summed E-state index contributed by atoms with van der Waals surface area (Å²) in [6, 6.07) is 7.97. The van der Waals surface area contributed by atoms with Crippen molar-refractivity contribution in [1.29, 1.82) is 0 Å². The molecule has 468 valence electrons. The van der Waals surface area contributed by atoms with Crippen molar-refractivity contribution in [3.63, 3.8) is 0 Å². The third kappa shape index (κ3) is 17.1. The van der Waals surface area contributed by atoms with Crippen LogP contribution in [0.25, 0.3) is 10.8 Å². The van der Waals surface area contributed by atoms with Crippen LogP contribution in [0.1, 0.15) is 262 Å². The molecular weight excluding hydrogens is 1030 g/mol. The molecule has 4 aliphatic heterocycles. The van der Waals surface area contributed by atoms with Crippen LogP contribution in [0, 0.1) is 23.7 Å². The predicted octanol–water partition coefficient (Wildman–Crippen LogP) is 15.9. The van der Waals surface area contributed by atoms with E-state index in [1.165, 1.54) is 0 Å². The Hall–Kier alpha value is -3.08. The maximum Gasteiger partial charge on any atom is 0.342 e. The number of esters is 2. The number of hydrogen-bond acceptors (Lipinski definition) is 14. The van der Waals surface area contributed by atoms with Crippen molar-refractivity contribution in [2.75, 3.05) is 26.4 Å². The van der Waals surface area contributed by atoms with Crippen LogP contribution in [-0.2, 0) is 28.8 Å². The van der Waals surface area contributed by atoms with Gasteiger partial charge in [-0.1, -0.05) is 109 Å². The molecule has 0 bridgehead atoms. The highest BCUT2D eigenvalue weighted by atomic mass is 16.7. The van der Waals surface area contributed by atoms with E-state index in [4.69, 9.17) is 38.3 Å². The number of ether oxygens (including phenoxy) is 4. The molecule has 2 aromatic carbocycles. The quantitative estimate of drug-likeness (QED) is 0.0593. The van der Waals surface area contributed by atoms with Gasteiger partial charge in [0.25, 0.3) is 0 Å². The van der Waals surface area contributed by atoms with E-state index >= 15 is 9.59 Å². The zero-order valence-corrected chi connectivity index (χ0v) is 55.3. The zero-order valence-electron chi connectivity index (χ0n) is 55.3. The molecule has 14 nitrogen and oxygen atoms in total. The molecule has 0 aliphatic carbocycles. The van der Waals surface area contributed by atoms with E-state index in [0.717, 1.165) is 62.1 Å². The summed E-state index contributed by atoms with van der Waals surface area (Å²) in [6.07, 6.45) is 12.2. The summed E-state index contributed by atoms with van der Waals surface area (Å²) in [5, 5.41) is 10.3. The number of carbonyl (C=O) groups excluding carboxylic acids is 2. The molecule has 8 unspecified atom stereocenters. The van der Waals surface area contributed by atoms with E-state index in [9.17, 15) is 0 Å². The Morgan fingerprint density at radius 1 is 0.415 bits per heavy atom. The van der Waals surface area contributed by atoms with Gasteiger partial charge >= 0.3 is 11.9 Å². The lowest BCUT2D eigenvalue weighted by Crippen LogP contribution is -2.59. The zero-order chi connectivity index (χ0) is 60.5. The second kappa shape index (κ2) is 29.5. The van der Waals surface area contributed by atoms with Crippen LogP contribution in [0.5, 0.6) is 11.5 Å². The van der Waals surface area contributed by atoms with Gasteiger partial charge in [0.2, 0.25) is 0 Å². The van der Waals surface area contributed by atoms with Crippen molar-refractivity contribution in [1.82, 2.24) is 20.3 Å². The summed E-state index contributed by atoms with van der Waals surface area (Å²) in [7, 11) is 0. The molecular formula is C68H116N4O10. The molecule has 0 aromatic heterocycles. The van der Waals surface area contributed by atoms with Crippen molar-refractivity contribution in [3.8, 4) is 11.5 Å². The van der Waals surface area contributed by atoms with Gasteiger partial charge in [0, 0.05) is 97.7 Å². The highest BCUT2D eigenvalue weighted by Crippen LogP contribution is 2.44. The smallest absolute Gasteiger partial charge is 0.342 e. The second-order valence-electron chi connectivity index (χ2n) is 28.9. The number of benzene rings is 2. The van der Waals surface area contributed by atoms with Gasteiger partial charge in [0.1, 0.15) is 47.0 Å². The van der Waals surface area contributed by atoms with Crippen LogP contribution in [0.3, 0.4) is 0 Å². The third-order valence-corrected chi connectivity index (χ3v) is 18.1. The van der Waals surface area contributed by atoms with Crippen LogP contribution < -0.4 is 9.47 Å². The lowest BCUT2D eigenvalue weighted by Gasteiger charge is -2.50. The molecule has 4 fully saturated rings. The Balaban J connectivity index is 1.46. The molecule has 14 heteroatoms. The molecule has 0 radical (unpaired) electrons. The summed E-state index contributed by atoms with van der Waals surface area (Å²) in [6.45, 7) is 46.9. The average Bonchev–Trinajstić information content (AvgIpc) is 3.46. The first-order chi connectivity index (χ1) is 38.6. The Morgan fingerprint density at radius 2 is 0.659 bits per heavy atom. The van der Waals surface area contributed by atoms with Crippen LogP contribution in [0.4, 0.5) is 0 Å². The molecule has 0 amide bonds. The maximum atomic E-state index is 15.3. The van der Waals surface area contributed by atoms with Gasteiger partial charge in [0.05, 0.1) is 26.4 Å². The molecule has 4 saturated heterocycles. The highest BCUT2D eigenvalue weighted by Gasteiger charge is 2.49. The van der Waals surface area contributed by atoms with E-state index in [2.05, 4.69) is 159 Å². The standard InChI is InChI=1S/C68H116N4O10/c1-21-25-29-75-69-57(45(5)6)37-51(41-65(69,13)14)79-61-35-49-34-56(64(74)82-54-40-60(48(11)12)72(68(19,20)44-54)78-32-28-24-4)62(80-52-38-58(46(7)8)70(66(15,16)42-52)76-30-26-22-2)36-50(49)33-55(61)63(73)81-53-39-59(47(9)10)71(67(17,18)43-53)77-31-27-23-3/h33-36,45-48,51-54,57-60H,21-32,37-44H2,1-20H3. The lowest BCUT2D eigenvalue weighted by atomic mass is 9.82. The molecule has 6 rings (SSSR count). The highest BCUT2D eigenvalue weighted by molar-refractivity contribution is 6.03. The predicted molar refractivity (Wildman–Crippen MR) is 330 cm³/mol. The van der Waals surface area contributed by atoms with E-state index in [1.54, 1.807) is 0 Å². The van der Waals surface area contributed by atoms with E-state index < -0.39 is 11.9 Å². The molecule has 0 spiro atoms. The summed E-state index contributed by atoms with van der Waals surface area (Å²) in [5.41, 5.74) is -0.798. The molecule has 2 aromatic rings. The monoisotopic (exact) mass is 1150 g/mol. The SMILES string of the molecule is CCCCON1C(C(C)C)CC(OC(=O)c2cc3cc(OC4CC(C(C)C)N(OCCCC)C(C)(C)C4)c(C(=O)OC4CC(C(C)C)N(OCCCC)C(C)(C)C4)cc3cc2OC2CC(C(C)C)N(OCCCC)C(C)(C)C2)CC1(C)C. The maximum absolute atomic E-state index is 15.3. The van der Waals surface area contributed by atoms with Crippen molar-refractivity contribution < 1.29 is 47.9 Å². The van der Waals surface area contributed by atoms with Gasteiger partial charge in [-0.2, -0.15) is 20.3 Å². The van der Waals surface area contributed by atoms with Crippen molar-refractivity contribution >= 4 is 22.7 Å². The van der Waals surface area contributed by atoms with Crippen molar-refractivity contribution in [3.05, 3.63) is 35.4 Å². The Labute approximate surface area is 497 Å². The minimum Gasteiger partial charge on any atom is -0.489 e. The van der Waals surface area contributed by atoms with Gasteiger partial charge in [-0.3, -0.25) is 19.4 Å². The van der Waals surface area contributed by atoms with E-state index in [-0.39, 0.29) is 94.4 Å². The Morgan fingerprint density at radius 3 is 0.902 bits per heavy atom. The number of unbranched alkanes of at least 4 members (excludes halogenated alkanes) is 4. The normalized spacial score (nSPS) is 27.2. The minimum absolute atomic E-state index is 0.0487. The average molecular weight is 1150 g/mol. The van der Waals surface area contributed by atoms with E-state index in [0.29, 0.717) is 100 Å². The topological polar surface area (TPSA) is 121 Å². The van der Waals surface area contributed by atoms with Gasteiger partial charge in [-0.25, -0.2) is 9.59 Å². The summed E-state index contributed by atoms with van der Waals surface area (Å²) in [5.74, 6) is 1.08. The fourth-order valence-electron chi connectivity index (χ4n) is 13.6.